The fourth-order valence-electron chi connectivity index (χ4n) is 4.87. The fraction of sp³-hybridized carbons (Fsp3) is 0.429. The first-order valence-corrected chi connectivity index (χ1v) is 13.2. The highest BCUT2D eigenvalue weighted by molar-refractivity contribution is 7.10. The summed E-state index contributed by atoms with van der Waals surface area (Å²) in [5.41, 5.74) is 10.6. The number of aryl methyl sites for hydroxylation is 3. The molecule has 2 heterocycles. The molecule has 0 saturated carbocycles. The maximum Gasteiger partial charge on any atom is 0.195 e. The van der Waals surface area contributed by atoms with E-state index in [1.54, 1.807) is 11.3 Å². The Morgan fingerprint density at radius 2 is 1.91 bits per heavy atom. The summed E-state index contributed by atoms with van der Waals surface area (Å²) in [5.74, 6) is 1.32. The molecular formula is C28H34N4S. The normalized spacial score (nSPS) is 15.7. The standard InChI is InChI=1S/C28H34N4S/c1-18(2)24-15-23(19(3)13-25(24)32-28-29-11-6-12-30-28)16-27-31-26(17-33-27)22-10-9-20-7-4-5-8-21(20)14-22/h9-10,13-15,17-18H,4-8,11-12,16H2,1-3H3,(H2,29,30,32). The van der Waals surface area contributed by atoms with Crippen LogP contribution in [0.3, 0.4) is 0 Å². The number of benzene rings is 2. The zero-order valence-electron chi connectivity index (χ0n) is 20.0. The molecule has 2 aliphatic rings. The number of hydrogen-bond acceptors (Lipinski definition) is 5. The maximum absolute atomic E-state index is 5.03. The molecule has 0 fully saturated rings. The lowest BCUT2D eigenvalue weighted by atomic mass is 9.90. The van der Waals surface area contributed by atoms with Crippen LogP contribution in [0.1, 0.15) is 71.9 Å². The number of thiazole rings is 1. The minimum atomic E-state index is 0.429. The van der Waals surface area contributed by atoms with Gasteiger partial charge in [-0.2, -0.15) is 0 Å². The minimum Gasteiger partial charge on any atom is -0.356 e. The Balaban J connectivity index is 1.37. The third kappa shape index (κ3) is 4.98. The highest BCUT2D eigenvalue weighted by Gasteiger charge is 2.16. The average Bonchev–Trinajstić information content (AvgIpc) is 3.29. The summed E-state index contributed by atoms with van der Waals surface area (Å²) in [5, 5.41) is 10.3. The third-order valence-corrected chi connectivity index (χ3v) is 7.67. The average molecular weight is 459 g/mol. The lowest BCUT2D eigenvalue weighted by Gasteiger charge is -2.21. The van der Waals surface area contributed by atoms with Gasteiger partial charge in [-0.3, -0.25) is 4.99 Å². The molecule has 1 aromatic heterocycles. The first kappa shape index (κ1) is 22.1. The number of anilines is 1. The van der Waals surface area contributed by atoms with E-state index in [4.69, 9.17) is 4.98 Å². The molecule has 3 aromatic rings. The lowest BCUT2D eigenvalue weighted by Crippen LogP contribution is -2.35. The van der Waals surface area contributed by atoms with Crippen molar-refractivity contribution in [2.45, 2.75) is 65.2 Å². The van der Waals surface area contributed by atoms with Crippen LogP contribution in [0.25, 0.3) is 11.3 Å². The molecule has 5 rings (SSSR count). The lowest BCUT2D eigenvalue weighted by molar-refractivity contribution is 0.686. The first-order chi connectivity index (χ1) is 16.1. The molecule has 0 saturated heterocycles. The largest absolute Gasteiger partial charge is 0.356 e. The molecule has 5 heteroatoms. The molecule has 2 aromatic carbocycles. The Morgan fingerprint density at radius 1 is 1.06 bits per heavy atom. The first-order valence-electron chi connectivity index (χ1n) is 12.3. The van der Waals surface area contributed by atoms with Gasteiger partial charge >= 0.3 is 0 Å². The Labute approximate surface area is 201 Å². The van der Waals surface area contributed by atoms with E-state index >= 15 is 0 Å². The van der Waals surface area contributed by atoms with Crippen molar-refractivity contribution in [2.24, 2.45) is 4.99 Å². The van der Waals surface area contributed by atoms with Crippen LogP contribution < -0.4 is 10.6 Å². The van der Waals surface area contributed by atoms with Crippen LogP contribution in [-0.4, -0.2) is 24.0 Å². The molecular weight excluding hydrogens is 424 g/mol. The molecule has 0 spiro atoms. The zero-order valence-corrected chi connectivity index (χ0v) is 20.8. The van der Waals surface area contributed by atoms with Gasteiger partial charge in [-0.15, -0.1) is 11.3 Å². The molecule has 0 atom stereocenters. The molecule has 0 bridgehead atoms. The van der Waals surface area contributed by atoms with E-state index < -0.39 is 0 Å². The summed E-state index contributed by atoms with van der Waals surface area (Å²) in [6.07, 6.45) is 7.04. The summed E-state index contributed by atoms with van der Waals surface area (Å²) >= 11 is 1.78. The van der Waals surface area contributed by atoms with Crippen molar-refractivity contribution in [3.63, 3.8) is 0 Å². The smallest absolute Gasteiger partial charge is 0.195 e. The van der Waals surface area contributed by atoms with Crippen molar-refractivity contribution >= 4 is 23.0 Å². The van der Waals surface area contributed by atoms with Crippen LogP contribution in [0.5, 0.6) is 0 Å². The van der Waals surface area contributed by atoms with Crippen LogP contribution in [0.2, 0.25) is 0 Å². The van der Waals surface area contributed by atoms with Gasteiger partial charge in [-0.1, -0.05) is 32.0 Å². The molecule has 2 N–H and O–H groups in total. The van der Waals surface area contributed by atoms with Crippen LogP contribution in [0.4, 0.5) is 5.69 Å². The van der Waals surface area contributed by atoms with E-state index in [2.05, 4.69) is 72.1 Å². The summed E-state index contributed by atoms with van der Waals surface area (Å²) in [6.45, 7) is 8.59. The van der Waals surface area contributed by atoms with E-state index in [0.29, 0.717) is 5.92 Å². The van der Waals surface area contributed by atoms with E-state index in [1.807, 2.05) is 0 Å². The van der Waals surface area contributed by atoms with E-state index in [0.717, 1.165) is 43.3 Å². The van der Waals surface area contributed by atoms with Crippen LogP contribution >= 0.6 is 11.3 Å². The number of nitrogens with one attached hydrogen (secondary N) is 2. The van der Waals surface area contributed by atoms with Gasteiger partial charge < -0.3 is 10.6 Å². The predicted octanol–water partition coefficient (Wildman–Crippen LogP) is 6.47. The number of aromatic nitrogens is 1. The van der Waals surface area contributed by atoms with Gasteiger partial charge in [-0.05, 0) is 84.9 Å². The Hall–Kier alpha value is -2.66. The molecule has 33 heavy (non-hydrogen) atoms. The molecule has 0 unspecified atom stereocenters. The number of guanidine groups is 1. The van der Waals surface area contributed by atoms with E-state index in [9.17, 15) is 0 Å². The van der Waals surface area contributed by atoms with Gasteiger partial charge in [0.2, 0.25) is 0 Å². The molecule has 0 radical (unpaired) electrons. The Morgan fingerprint density at radius 3 is 2.70 bits per heavy atom. The number of fused-ring (bicyclic) bond motifs is 1. The van der Waals surface area contributed by atoms with Gasteiger partial charge in [0.1, 0.15) is 0 Å². The minimum absolute atomic E-state index is 0.429. The van der Waals surface area contributed by atoms with Crippen LogP contribution in [0, 0.1) is 6.92 Å². The highest BCUT2D eigenvalue weighted by Crippen LogP contribution is 2.32. The summed E-state index contributed by atoms with van der Waals surface area (Å²) in [7, 11) is 0. The van der Waals surface area contributed by atoms with E-state index in [1.165, 1.54) is 64.1 Å². The van der Waals surface area contributed by atoms with Crippen molar-refractivity contribution in [2.75, 3.05) is 18.4 Å². The number of rotatable bonds is 5. The number of hydrogen-bond donors (Lipinski definition) is 2. The monoisotopic (exact) mass is 458 g/mol. The van der Waals surface area contributed by atoms with Crippen molar-refractivity contribution < 1.29 is 0 Å². The SMILES string of the molecule is Cc1cc(NC2=NCCCN2)c(C(C)C)cc1Cc1nc(-c2ccc3c(c2)CCCC3)cs1. The Kier molecular flexibility index (Phi) is 6.50. The second-order valence-electron chi connectivity index (χ2n) is 9.65. The highest BCUT2D eigenvalue weighted by atomic mass is 32.1. The second-order valence-corrected chi connectivity index (χ2v) is 10.6. The van der Waals surface area contributed by atoms with Gasteiger partial charge in [0, 0.05) is 36.1 Å². The van der Waals surface area contributed by atoms with E-state index in [-0.39, 0.29) is 0 Å². The third-order valence-electron chi connectivity index (χ3n) is 6.82. The second kappa shape index (κ2) is 9.68. The van der Waals surface area contributed by atoms with Crippen molar-refractivity contribution in [3.8, 4) is 11.3 Å². The number of aliphatic imine (C=N–C) groups is 1. The van der Waals surface area contributed by atoms with Crippen molar-refractivity contribution in [3.05, 3.63) is 68.5 Å². The molecule has 1 aliphatic heterocycles. The number of nitrogens with zero attached hydrogens (tertiary/aromatic N) is 2. The molecule has 4 nitrogen and oxygen atoms in total. The van der Waals surface area contributed by atoms with Crippen molar-refractivity contribution in [1.29, 1.82) is 0 Å². The Bertz CT molecular complexity index is 1170. The van der Waals surface area contributed by atoms with Crippen LogP contribution in [0.15, 0.2) is 40.7 Å². The molecule has 1 aliphatic carbocycles. The van der Waals surface area contributed by atoms with Crippen molar-refractivity contribution in [1.82, 2.24) is 10.3 Å². The van der Waals surface area contributed by atoms with Gasteiger partial charge in [0.15, 0.2) is 5.96 Å². The zero-order chi connectivity index (χ0) is 22.8. The predicted molar refractivity (Wildman–Crippen MR) is 141 cm³/mol. The summed E-state index contributed by atoms with van der Waals surface area (Å²) in [4.78, 5) is 9.62. The topological polar surface area (TPSA) is 49.3 Å². The van der Waals surface area contributed by atoms with Gasteiger partial charge in [0.25, 0.3) is 0 Å². The van der Waals surface area contributed by atoms with Gasteiger partial charge in [-0.25, -0.2) is 4.98 Å². The quantitative estimate of drug-likeness (QED) is 0.460. The van der Waals surface area contributed by atoms with Crippen LogP contribution in [-0.2, 0) is 19.3 Å². The fourth-order valence-corrected chi connectivity index (χ4v) is 5.70. The van der Waals surface area contributed by atoms with Gasteiger partial charge in [0.05, 0.1) is 10.7 Å². The molecule has 0 amide bonds. The summed E-state index contributed by atoms with van der Waals surface area (Å²) in [6, 6.07) is 11.6. The summed E-state index contributed by atoms with van der Waals surface area (Å²) < 4.78 is 0. The maximum atomic E-state index is 5.03. The molecule has 172 valence electrons.